The van der Waals surface area contributed by atoms with Gasteiger partial charge in [-0.2, -0.15) is 0 Å². The van der Waals surface area contributed by atoms with Crippen LogP contribution in [-0.2, 0) is 9.47 Å². The van der Waals surface area contributed by atoms with Crippen molar-refractivity contribution in [2.45, 2.75) is 6.10 Å². The predicted octanol–water partition coefficient (Wildman–Crippen LogP) is 4.13. The van der Waals surface area contributed by atoms with Gasteiger partial charge in [0.1, 0.15) is 11.9 Å². The fraction of sp³-hybridized carbons (Fsp3) is 0.211. The van der Waals surface area contributed by atoms with Gasteiger partial charge in [0.2, 0.25) is 0 Å². The van der Waals surface area contributed by atoms with Crippen molar-refractivity contribution >= 4 is 10.8 Å². The highest BCUT2D eigenvalue weighted by atomic mass is 19.1. The summed E-state index contributed by atoms with van der Waals surface area (Å²) in [6, 6.07) is 16.7. The molecule has 0 saturated carbocycles. The second kappa shape index (κ2) is 6.07. The second-order valence-corrected chi connectivity index (χ2v) is 5.56. The lowest BCUT2D eigenvalue weighted by Crippen LogP contribution is -2.23. The Labute approximate surface area is 133 Å². The first-order valence-electron chi connectivity index (χ1n) is 7.66. The van der Waals surface area contributed by atoms with E-state index in [9.17, 15) is 4.39 Å². The minimum absolute atomic E-state index is 0.267. The Bertz CT molecular complexity index is 829. The average Bonchev–Trinajstić information content (AvgIpc) is 2.62. The highest BCUT2D eigenvalue weighted by Gasteiger charge is 2.22. The summed E-state index contributed by atoms with van der Waals surface area (Å²) in [5.41, 5.74) is 2.62. The summed E-state index contributed by atoms with van der Waals surface area (Å²) < 4.78 is 25.0. The fourth-order valence-electron chi connectivity index (χ4n) is 2.89. The topological polar surface area (TPSA) is 31.4 Å². The first-order chi connectivity index (χ1) is 11.3. The Morgan fingerprint density at radius 3 is 2.65 bits per heavy atom. The molecule has 0 spiro atoms. The zero-order valence-corrected chi connectivity index (χ0v) is 12.5. The molecule has 2 aromatic carbocycles. The molecule has 1 atom stereocenters. The molecule has 1 fully saturated rings. The molecule has 3 nitrogen and oxygen atoms in total. The van der Waals surface area contributed by atoms with Crippen molar-refractivity contribution in [3.63, 3.8) is 0 Å². The van der Waals surface area contributed by atoms with E-state index in [1.165, 1.54) is 12.1 Å². The molecule has 1 aliphatic heterocycles. The second-order valence-electron chi connectivity index (χ2n) is 5.56. The molecule has 23 heavy (non-hydrogen) atoms. The van der Waals surface area contributed by atoms with Gasteiger partial charge >= 0.3 is 0 Å². The highest BCUT2D eigenvalue weighted by Crippen LogP contribution is 2.31. The van der Waals surface area contributed by atoms with Crippen LogP contribution in [0.4, 0.5) is 4.39 Å². The molecule has 116 valence electrons. The molecule has 2 heterocycles. The maximum Gasteiger partial charge on any atom is 0.123 e. The van der Waals surface area contributed by atoms with Gasteiger partial charge in [-0.3, -0.25) is 0 Å². The number of pyridine rings is 1. The van der Waals surface area contributed by atoms with Crippen LogP contribution >= 0.6 is 0 Å². The standard InChI is InChI=1S/C19H16FNO2/c20-15-7-6-14-10-17(13-4-2-1-3-5-13)21-19(16(14)11-15)18-12-22-8-9-23-18/h1-7,10-11,18H,8-9,12H2. The third kappa shape index (κ3) is 2.83. The molecule has 3 aromatic rings. The van der Waals surface area contributed by atoms with Crippen molar-refractivity contribution < 1.29 is 13.9 Å². The molecule has 4 heteroatoms. The maximum atomic E-state index is 13.7. The molecule has 1 unspecified atom stereocenters. The Kier molecular flexibility index (Phi) is 3.77. The predicted molar refractivity (Wildman–Crippen MR) is 86.6 cm³/mol. The minimum Gasteiger partial charge on any atom is -0.376 e. The number of halogens is 1. The number of ether oxygens (including phenoxy) is 2. The van der Waals surface area contributed by atoms with E-state index < -0.39 is 0 Å². The van der Waals surface area contributed by atoms with E-state index in [2.05, 4.69) is 0 Å². The summed E-state index contributed by atoms with van der Waals surface area (Å²) in [6.07, 6.45) is -0.267. The van der Waals surface area contributed by atoms with Crippen molar-refractivity contribution in [3.05, 3.63) is 66.1 Å². The molecule has 0 bridgehead atoms. The van der Waals surface area contributed by atoms with Crippen LogP contribution in [-0.4, -0.2) is 24.8 Å². The van der Waals surface area contributed by atoms with Crippen LogP contribution in [0.3, 0.4) is 0 Å². The molecule has 1 aliphatic rings. The fourth-order valence-corrected chi connectivity index (χ4v) is 2.89. The molecule has 4 rings (SSSR count). The third-order valence-corrected chi connectivity index (χ3v) is 4.01. The van der Waals surface area contributed by atoms with Crippen molar-refractivity contribution in [1.82, 2.24) is 4.98 Å². The van der Waals surface area contributed by atoms with Crippen molar-refractivity contribution in [3.8, 4) is 11.3 Å². The van der Waals surface area contributed by atoms with E-state index in [4.69, 9.17) is 14.5 Å². The molecule has 0 N–H and O–H groups in total. The maximum absolute atomic E-state index is 13.7. The van der Waals surface area contributed by atoms with Crippen LogP contribution in [0, 0.1) is 5.82 Å². The number of rotatable bonds is 2. The zero-order valence-electron chi connectivity index (χ0n) is 12.5. The van der Waals surface area contributed by atoms with Crippen molar-refractivity contribution in [2.24, 2.45) is 0 Å². The Balaban J connectivity index is 1.91. The molecular formula is C19H16FNO2. The highest BCUT2D eigenvalue weighted by molar-refractivity contribution is 5.88. The van der Waals surface area contributed by atoms with Gasteiger partial charge in [0.25, 0.3) is 0 Å². The van der Waals surface area contributed by atoms with Crippen LogP contribution in [0.1, 0.15) is 11.8 Å². The van der Waals surface area contributed by atoms with Crippen LogP contribution < -0.4 is 0 Å². The molecular weight excluding hydrogens is 293 g/mol. The zero-order chi connectivity index (χ0) is 15.6. The van der Waals surface area contributed by atoms with Gasteiger partial charge in [0.05, 0.1) is 31.2 Å². The first-order valence-corrected chi connectivity index (χ1v) is 7.66. The number of fused-ring (bicyclic) bond motifs is 1. The summed E-state index contributed by atoms with van der Waals surface area (Å²) in [4.78, 5) is 4.76. The largest absolute Gasteiger partial charge is 0.376 e. The van der Waals surface area contributed by atoms with Crippen LogP contribution in [0.25, 0.3) is 22.0 Å². The Hall–Kier alpha value is -2.30. The Morgan fingerprint density at radius 2 is 1.87 bits per heavy atom. The number of benzene rings is 2. The lowest BCUT2D eigenvalue weighted by atomic mass is 10.0. The Morgan fingerprint density at radius 1 is 1.00 bits per heavy atom. The summed E-state index contributed by atoms with van der Waals surface area (Å²) in [7, 11) is 0. The number of aromatic nitrogens is 1. The summed E-state index contributed by atoms with van der Waals surface area (Å²) >= 11 is 0. The molecule has 0 amide bonds. The van der Waals surface area contributed by atoms with E-state index in [-0.39, 0.29) is 11.9 Å². The van der Waals surface area contributed by atoms with Gasteiger partial charge in [-0.15, -0.1) is 0 Å². The lowest BCUT2D eigenvalue weighted by molar-refractivity contribution is -0.0911. The lowest BCUT2D eigenvalue weighted by Gasteiger charge is -2.24. The van der Waals surface area contributed by atoms with Crippen LogP contribution in [0.5, 0.6) is 0 Å². The first kappa shape index (κ1) is 14.3. The normalized spacial score (nSPS) is 18.2. The number of nitrogens with zero attached hydrogens (tertiary/aromatic N) is 1. The van der Waals surface area contributed by atoms with Crippen molar-refractivity contribution in [2.75, 3.05) is 19.8 Å². The molecule has 1 aromatic heterocycles. The van der Waals surface area contributed by atoms with Gasteiger partial charge in [0.15, 0.2) is 0 Å². The van der Waals surface area contributed by atoms with Gasteiger partial charge in [-0.25, -0.2) is 9.37 Å². The monoisotopic (exact) mass is 309 g/mol. The van der Waals surface area contributed by atoms with Gasteiger partial charge in [-0.05, 0) is 23.6 Å². The third-order valence-electron chi connectivity index (χ3n) is 4.01. The quantitative estimate of drug-likeness (QED) is 0.713. The summed E-state index contributed by atoms with van der Waals surface area (Å²) in [5.74, 6) is -0.273. The summed E-state index contributed by atoms with van der Waals surface area (Å²) in [6.45, 7) is 1.55. The minimum atomic E-state index is -0.273. The SMILES string of the molecule is Fc1ccc2cc(-c3ccccc3)nc(C3COCCO3)c2c1. The molecule has 0 radical (unpaired) electrons. The van der Waals surface area contributed by atoms with E-state index in [1.807, 2.05) is 36.4 Å². The smallest absolute Gasteiger partial charge is 0.123 e. The summed E-state index contributed by atoms with van der Waals surface area (Å²) in [5, 5.41) is 1.73. The average molecular weight is 309 g/mol. The van der Waals surface area contributed by atoms with E-state index in [1.54, 1.807) is 6.07 Å². The van der Waals surface area contributed by atoms with E-state index in [0.29, 0.717) is 19.8 Å². The number of hydrogen-bond acceptors (Lipinski definition) is 3. The van der Waals surface area contributed by atoms with Crippen LogP contribution in [0.2, 0.25) is 0 Å². The van der Waals surface area contributed by atoms with Crippen LogP contribution in [0.15, 0.2) is 54.6 Å². The van der Waals surface area contributed by atoms with E-state index in [0.717, 1.165) is 27.7 Å². The van der Waals surface area contributed by atoms with Gasteiger partial charge in [-0.1, -0.05) is 36.4 Å². The van der Waals surface area contributed by atoms with Gasteiger partial charge in [0, 0.05) is 10.9 Å². The molecule has 1 saturated heterocycles. The molecule has 0 aliphatic carbocycles. The number of hydrogen-bond donors (Lipinski definition) is 0. The van der Waals surface area contributed by atoms with E-state index >= 15 is 0 Å². The van der Waals surface area contributed by atoms with Gasteiger partial charge < -0.3 is 9.47 Å². The van der Waals surface area contributed by atoms with Crippen molar-refractivity contribution in [1.29, 1.82) is 0 Å².